The van der Waals surface area contributed by atoms with Crippen molar-refractivity contribution in [3.8, 4) is 5.75 Å². The molecule has 0 bridgehead atoms. The van der Waals surface area contributed by atoms with E-state index in [0.29, 0.717) is 0 Å². The minimum absolute atomic E-state index is 0.280. The van der Waals surface area contributed by atoms with E-state index in [0.717, 1.165) is 31.7 Å². The lowest BCUT2D eigenvalue weighted by molar-refractivity contribution is 0.153. The Hall–Kier alpha value is -1.98. The number of hydrogen-bond donors (Lipinski definition) is 1. The van der Waals surface area contributed by atoms with E-state index < -0.39 is 0 Å². The lowest BCUT2D eigenvalue weighted by atomic mass is 10.0. The van der Waals surface area contributed by atoms with Gasteiger partial charge in [0, 0.05) is 44.6 Å². The molecule has 5 heteroatoms. The van der Waals surface area contributed by atoms with Gasteiger partial charge in [-0.2, -0.15) is 0 Å². The van der Waals surface area contributed by atoms with Crippen molar-refractivity contribution < 1.29 is 9.13 Å². The topological polar surface area (TPSA) is 37.4 Å². The summed E-state index contributed by atoms with van der Waals surface area (Å²) in [5.41, 5.74) is 2.19. The van der Waals surface area contributed by atoms with Crippen LogP contribution in [-0.4, -0.2) is 36.6 Å². The molecule has 116 valence electrons. The number of nitrogens with zero attached hydrogens (tertiary/aromatic N) is 2. The van der Waals surface area contributed by atoms with Crippen molar-refractivity contribution >= 4 is 0 Å². The fourth-order valence-electron chi connectivity index (χ4n) is 2.89. The average Bonchev–Trinajstić information content (AvgIpc) is 2.56. The van der Waals surface area contributed by atoms with Gasteiger partial charge >= 0.3 is 0 Å². The number of hydrogen-bond acceptors (Lipinski definition) is 4. The number of nitrogens with one attached hydrogen (secondary N) is 1. The lowest BCUT2D eigenvalue weighted by Gasteiger charge is -2.36. The maximum absolute atomic E-state index is 13.9. The van der Waals surface area contributed by atoms with Gasteiger partial charge in [-0.1, -0.05) is 6.07 Å². The zero-order chi connectivity index (χ0) is 15.4. The maximum Gasteiger partial charge on any atom is 0.165 e. The average molecular weight is 301 g/mol. The van der Waals surface area contributed by atoms with Crippen LogP contribution in [0.15, 0.2) is 42.7 Å². The Kier molecular flexibility index (Phi) is 4.65. The second-order valence-corrected chi connectivity index (χ2v) is 5.44. The first-order chi connectivity index (χ1) is 10.8. The molecule has 1 aliphatic heterocycles. The van der Waals surface area contributed by atoms with Gasteiger partial charge in [-0.05, 0) is 35.4 Å². The third-order valence-corrected chi connectivity index (χ3v) is 4.05. The van der Waals surface area contributed by atoms with E-state index in [9.17, 15) is 4.39 Å². The minimum atomic E-state index is -0.310. The van der Waals surface area contributed by atoms with Crippen LogP contribution in [0, 0.1) is 5.82 Å². The van der Waals surface area contributed by atoms with Crippen LogP contribution < -0.4 is 10.1 Å². The van der Waals surface area contributed by atoms with Crippen molar-refractivity contribution in [1.29, 1.82) is 0 Å². The summed E-state index contributed by atoms with van der Waals surface area (Å²) in [6.07, 6.45) is 3.63. The van der Waals surface area contributed by atoms with Gasteiger partial charge in [-0.3, -0.25) is 9.88 Å². The summed E-state index contributed by atoms with van der Waals surface area (Å²) in [6, 6.07) is 9.53. The number of ether oxygens (including phenoxy) is 1. The Bertz CT molecular complexity index is 621. The van der Waals surface area contributed by atoms with Gasteiger partial charge in [-0.25, -0.2) is 4.39 Å². The van der Waals surface area contributed by atoms with Crippen molar-refractivity contribution in [2.45, 2.75) is 12.6 Å². The molecule has 0 radical (unpaired) electrons. The van der Waals surface area contributed by atoms with Crippen molar-refractivity contribution in [1.82, 2.24) is 15.2 Å². The van der Waals surface area contributed by atoms with Crippen LogP contribution in [0.25, 0.3) is 0 Å². The first-order valence-corrected chi connectivity index (χ1v) is 7.45. The highest BCUT2D eigenvalue weighted by Crippen LogP contribution is 2.25. The van der Waals surface area contributed by atoms with E-state index in [1.165, 1.54) is 12.7 Å². The molecule has 0 spiro atoms. The third-order valence-electron chi connectivity index (χ3n) is 4.05. The molecule has 3 rings (SSSR count). The van der Waals surface area contributed by atoms with Crippen molar-refractivity contribution in [3.63, 3.8) is 0 Å². The van der Waals surface area contributed by atoms with E-state index in [-0.39, 0.29) is 17.6 Å². The molecule has 1 N–H and O–H groups in total. The van der Waals surface area contributed by atoms with Crippen LogP contribution in [0.1, 0.15) is 17.2 Å². The van der Waals surface area contributed by atoms with Crippen LogP contribution in [-0.2, 0) is 6.54 Å². The summed E-state index contributed by atoms with van der Waals surface area (Å²) in [4.78, 5) is 6.45. The van der Waals surface area contributed by atoms with Crippen LogP contribution in [0.5, 0.6) is 5.75 Å². The first kappa shape index (κ1) is 14.9. The molecule has 0 aliphatic carbocycles. The molecule has 1 aromatic heterocycles. The molecule has 0 amide bonds. The van der Waals surface area contributed by atoms with Gasteiger partial charge in [0.2, 0.25) is 0 Å². The second kappa shape index (κ2) is 6.85. The Morgan fingerprint density at radius 3 is 2.86 bits per heavy atom. The molecule has 1 unspecified atom stereocenters. The quantitative estimate of drug-likeness (QED) is 0.941. The summed E-state index contributed by atoms with van der Waals surface area (Å²) in [6.45, 7) is 3.49. The van der Waals surface area contributed by atoms with E-state index in [2.05, 4.69) is 15.2 Å². The highest BCUT2D eigenvalue weighted by atomic mass is 19.1. The Morgan fingerprint density at radius 2 is 2.14 bits per heavy atom. The first-order valence-electron chi connectivity index (χ1n) is 7.45. The Morgan fingerprint density at radius 1 is 1.32 bits per heavy atom. The van der Waals surface area contributed by atoms with E-state index in [1.807, 2.05) is 30.6 Å². The Labute approximate surface area is 129 Å². The maximum atomic E-state index is 13.9. The predicted molar refractivity (Wildman–Crippen MR) is 83.2 cm³/mol. The van der Waals surface area contributed by atoms with Crippen LogP contribution in [0.3, 0.4) is 0 Å². The third kappa shape index (κ3) is 3.26. The summed E-state index contributed by atoms with van der Waals surface area (Å²) in [7, 11) is 1.48. The standard InChI is InChI=1S/C17H20FN3O/c1-22-17-3-2-13(10-15(17)18)12-21-9-8-20-11-16(21)14-4-6-19-7-5-14/h2-7,10,16,20H,8-9,11-12H2,1H3. The van der Waals surface area contributed by atoms with Gasteiger partial charge in [0.25, 0.3) is 0 Å². The molecular weight excluding hydrogens is 281 g/mol. The number of rotatable bonds is 4. The van der Waals surface area contributed by atoms with Gasteiger partial charge in [0.05, 0.1) is 7.11 Å². The largest absolute Gasteiger partial charge is 0.494 e. The zero-order valence-corrected chi connectivity index (χ0v) is 12.6. The van der Waals surface area contributed by atoms with Crippen molar-refractivity contribution in [2.24, 2.45) is 0 Å². The summed E-state index contributed by atoms with van der Waals surface area (Å²) >= 11 is 0. The molecule has 1 fully saturated rings. The van der Waals surface area contributed by atoms with Gasteiger partial charge in [-0.15, -0.1) is 0 Å². The zero-order valence-electron chi connectivity index (χ0n) is 12.6. The number of halogens is 1. The molecule has 1 aromatic carbocycles. The highest BCUT2D eigenvalue weighted by molar-refractivity contribution is 5.29. The number of benzene rings is 1. The molecule has 2 heterocycles. The molecular formula is C17H20FN3O. The number of aromatic nitrogens is 1. The van der Waals surface area contributed by atoms with Gasteiger partial charge in [0.1, 0.15) is 0 Å². The molecule has 1 saturated heterocycles. The normalized spacial score (nSPS) is 19.1. The van der Waals surface area contributed by atoms with Crippen LogP contribution in [0.4, 0.5) is 4.39 Å². The molecule has 22 heavy (non-hydrogen) atoms. The Balaban J connectivity index is 1.78. The number of pyridine rings is 1. The number of methoxy groups -OCH3 is 1. The smallest absolute Gasteiger partial charge is 0.165 e. The molecule has 4 nitrogen and oxygen atoms in total. The lowest BCUT2D eigenvalue weighted by Crippen LogP contribution is -2.45. The molecule has 1 atom stereocenters. The monoisotopic (exact) mass is 301 g/mol. The predicted octanol–water partition coefficient (Wildman–Crippen LogP) is 2.38. The van der Waals surface area contributed by atoms with E-state index in [1.54, 1.807) is 12.1 Å². The molecule has 2 aromatic rings. The fraction of sp³-hybridized carbons (Fsp3) is 0.353. The minimum Gasteiger partial charge on any atom is -0.494 e. The molecule has 0 saturated carbocycles. The van der Waals surface area contributed by atoms with E-state index >= 15 is 0 Å². The van der Waals surface area contributed by atoms with Crippen LogP contribution in [0.2, 0.25) is 0 Å². The highest BCUT2D eigenvalue weighted by Gasteiger charge is 2.23. The van der Waals surface area contributed by atoms with Gasteiger partial charge < -0.3 is 10.1 Å². The van der Waals surface area contributed by atoms with Crippen molar-refractivity contribution in [3.05, 3.63) is 59.7 Å². The van der Waals surface area contributed by atoms with Crippen LogP contribution >= 0.6 is 0 Å². The SMILES string of the molecule is COc1ccc(CN2CCNCC2c2ccncc2)cc1F. The number of piperazine rings is 1. The second-order valence-electron chi connectivity index (χ2n) is 5.44. The van der Waals surface area contributed by atoms with Gasteiger partial charge in [0.15, 0.2) is 11.6 Å². The summed E-state index contributed by atoms with van der Waals surface area (Å²) in [5.74, 6) is -0.0228. The fourth-order valence-corrected chi connectivity index (χ4v) is 2.89. The summed E-state index contributed by atoms with van der Waals surface area (Å²) in [5, 5.41) is 3.42. The summed E-state index contributed by atoms with van der Waals surface area (Å²) < 4.78 is 18.8. The van der Waals surface area contributed by atoms with Crippen molar-refractivity contribution in [2.75, 3.05) is 26.7 Å². The molecule has 1 aliphatic rings. The van der Waals surface area contributed by atoms with E-state index in [4.69, 9.17) is 4.74 Å².